The lowest BCUT2D eigenvalue weighted by atomic mass is 10.1. The van der Waals surface area contributed by atoms with Crippen molar-refractivity contribution < 1.29 is 8.78 Å². The fourth-order valence-electron chi connectivity index (χ4n) is 2.55. The minimum absolute atomic E-state index is 0.0118. The first-order valence-corrected chi connectivity index (χ1v) is 7.60. The van der Waals surface area contributed by atoms with Crippen molar-refractivity contribution in [2.24, 2.45) is 0 Å². The molecule has 0 radical (unpaired) electrons. The van der Waals surface area contributed by atoms with Crippen molar-refractivity contribution >= 4 is 27.8 Å². The molecule has 0 aliphatic carbocycles. The third-order valence-electron chi connectivity index (χ3n) is 3.60. The van der Waals surface area contributed by atoms with Crippen LogP contribution in [0.5, 0.6) is 0 Å². The second-order valence-corrected chi connectivity index (χ2v) is 5.78. The van der Waals surface area contributed by atoms with Gasteiger partial charge in [-0.25, -0.2) is 13.8 Å². The van der Waals surface area contributed by atoms with Crippen molar-refractivity contribution in [3.8, 4) is 0 Å². The number of nitrogen functional groups attached to an aromatic ring is 1. The number of hydrogen-bond acceptors (Lipinski definition) is 5. The van der Waals surface area contributed by atoms with Crippen LogP contribution in [0.15, 0.2) is 29.8 Å². The summed E-state index contributed by atoms with van der Waals surface area (Å²) in [7, 11) is 0. The third-order valence-corrected chi connectivity index (χ3v) is 4.43. The smallest absolute Gasteiger partial charge is 0.265 e. The van der Waals surface area contributed by atoms with Crippen LogP contribution >= 0.6 is 11.3 Å². The van der Waals surface area contributed by atoms with Crippen molar-refractivity contribution in [2.75, 3.05) is 41.7 Å². The molecule has 1 aliphatic heterocycles. The summed E-state index contributed by atoms with van der Waals surface area (Å²) in [5.41, 5.74) is 6.58. The largest absolute Gasteiger partial charge is 0.399 e. The number of rotatable bonds is 3. The minimum atomic E-state index is -2.51. The molecular formula is C14H16F2N4S. The van der Waals surface area contributed by atoms with Gasteiger partial charge in [0.15, 0.2) is 5.13 Å². The van der Waals surface area contributed by atoms with Crippen molar-refractivity contribution in [1.82, 2.24) is 4.98 Å². The van der Waals surface area contributed by atoms with Crippen molar-refractivity contribution in [3.63, 3.8) is 0 Å². The Labute approximate surface area is 125 Å². The SMILES string of the molecule is Nc1ccc(N2CCN(c3nccs3)CC2)c(C(F)F)c1. The monoisotopic (exact) mass is 310 g/mol. The highest BCUT2D eigenvalue weighted by molar-refractivity contribution is 7.13. The van der Waals surface area contributed by atoms with E-state index in [0.29, 0.717) is 24.5 Å². The van der Waals surface area contributed by atoms with E-state index in [2.05, 4.69) is 9.88 Å². The lowest BCUT2D eigenvalue weighted by Crippen LogP contribution is -2.46. The lowest BCUT2D eigenvalue weighted by molar-refractivity contribution is 0.152. The molecule has 112 valence electrons. The zero-order chi connectivity index (χ0) is 14.8. The molecule has 1 fully saturated rings. The molecule has 7 heteroatoms. The van der Waals surface area contributed by atoms with E-state index in [-0.39, 0.29) is 5.56 Å². The zero-order valence-electron chi connectivity index (χ0n) is 11.4. The zero-order valence-corrected chi connectivity index (χ0v) is 12.2. The normalized spacial score (nSPS) is 15.8. The van der Waals surface area contributed by atoms with Crippen molar-refractivity contribution in [1.29, 1.82) is 0 Å². The fourth-order valence-corrected chi connectivity index (χ4v) is 3.24. The Morgan fingerprint density at radius 1 is 1.14 bits per heavy atom. The predicted octanol–water partition coefficient (Wildman–Crippen LogP) is 2.99. The summed E-state index contributed by atoms with van der Waals surface area (Å²) in [6, 6.07) is 4.73. The van der Waals surface area contributed by atoms with Gasteiger partial charge >= 0.3 is 0 Å². The summed E-state index contributed by atoms with van der Waals surface area (Å²) < 4.78 is 26.3. The molecule has 2 aromatic rings. The number of benzene rings is 1. The number of halogens is 2. The highest BCUT2D eigenvalue weighted by atomic mass is 32.1. The number of hydrogen-bond donors (Lipinski definition) is 1. The van der Waals surface area contributed by atoms with Crippen LogP contribution in [0.25, 0.3) is 0 Å². The van der Waals surface area contributed by atoms with Gasteiger partial charge in [0, 0.05) is 54.7 Å². The standard InChI is InChI=1S/C14H16F2N4S/c15-13(16)11-9-10(17)1-2-12(11)19-4-6-20(7-5-19)14-18-3-8-21-14/h1-3,8-9,13H,4-7,17H2. The van der Waals surface area contributed by atoms with Crippen LogP contribution in [0.1, 0.15) is 12.0 Å². The van der Waals surface area contributed by atoms with E-state index in [0.717, 1.165) is 18.2 Å². The Balaban J connectivity index is 1.75. The van der Waals surface area contributed by atoms with Gasteiger partial charge in [-0.2, -0.15) is 0 Å². The number of piperazine rings is 1. The maximum Gasteiger partial charge on any atom is 0.265 e. The molecule has 1 aromatic carbocycles. The number of nitrogens with two attached hydrogens (primary N) is 1. The van der Waals surface area contributed by atoms with Crippen LogP contribution in [0.4, 0.5) is 25.3 Å². The van der Waals surface area contributed by atoms with Crippen LogP contribution in [0.3, 0.4) is 0 Å². The molecule has 0 bridgehead atoms. The molecule has 0 atom stereocenters. The highest BCUT2D eigenvalue weighted by Crippen LogP contribution is 2.32. The topological polar surface area (TPSA) is 45.4 Å². The Bertz CT molecular complexity index is 595. The van der Waals surface area contributed by atoms with Crippen LogP contribution in [-0.4, -0.2) is 31.2 Å². The summed E-state index contributed by atoms with van der Waals surface area (Å²) >= 11 is 1.60. The van der Waals surface area contributed by atoms with Crippen molar-refractivity contribution in [3.05, 3.63) is 35.3 Å². The Morgan fingerprint density at radius 3 is 2.48 bits per heavy atom. The molecular weight excluding hydrogens is 294 g/mol. The summed E-state index contributed by atoms with van der Waals surface area (Å²) in [6.07, 6.45) is -0.734. The molecule has 0 amide bonds. The first-order valence-electron chi connectivity index (χ1n) is 6.72. The molecule has 0 unspecified atom stereocenters. The Kier molecular flexibility index (Phi) is 3.92. The first kappa shape index (κ1) is 14.1. The van der Waals surface area contributed by atoms with Crippen LogP contribution in [0.2, 0.25) is 0 Å². The molecule has 3 rings (SSSR count). The van der Waals surface area contributed by atoms with E-state index in [4.69, 9.17) is 5.73 Å². The average Bonchev–Trinajstić information content (AvgIpc) is 3.01. The lowest BCUT2D eigenvalue weighted by Gasteiger charge is -2.36. The van der Waals surface area contributed by atoms with E-state index in [1.807, 2.05) is 10.3 Å². The van der Waals surface area contributed by atoms with E-state index in [9.17, 15) is 8.78 Å². The second-order valence-electron chi connectivity index (χ2n) is 4.91. The molecule has 21 heavy (non-hydrogen) atoms. The molecule has 1 saturated heterocycles. The van der Waals surface area contributed by atoms with Crippen LogP contribution < -0.4 is 15.5 Å². The van der Waals surface area contributed by atoms with Crippen molar-refractivity contribution in [2.45, 2.75) is 6.43 Å². The minimum Gasteiger partial charge on any atom is -0.399 e. The summed E-state index contributed by atoms with van der Waals surface area (Å²) in [6.45, 7) is 2.95. The number of thiazole rings is 1. The molecule has 1 aromatic heterocycles. The van der Waals surface area contributed by atoms with Gasteiger partial charge in [0.05, 0.1) is 0 Å². The molecule has 0 saturated carbocycles. The summed E-state index contributed by atoms with van der Waals surface area (Å²) in [5, 5.41) is 2.93. The molecule has 4 nitrogen and oxygen atoms in total. The molecule has 1 aliphatic rings. The van der Waals surface area contributed by atoms with E-state index < -0.39 is 6.43 Å². The van der Waals surface area contributed by atoms with E-state index in [1.54, 1.807) is 29.7 Å². The number of nitrogens with zero attached hydrogens (tertiary/aromatic N) is 3. The quantitative estimate of drug-likeness (QED) is 0.885. The third kappa shape index (κ3) is 2.92. The highest BCUT2D eigenvalue weighted by Gasteiger charge is 2.23. The Morgan fingerprint density at radius 2 is 1.86 bits per heavy atom. The van der Waals surface area contributed by atoms with Crippen LogP contribution in [-0.2, 0) is 0 Å². The van der Waals surface area contributed by atoms with Gasteiger partial charge in [-0.3, -0.25) is 0 Å². The van der Waals surface area contributed by atoms with Gasteiger partial charge in [0.1, 0.15) is 0 Å². The molecule has 2 N–H and O–H groups in total. The van der Waals surface area contributed by atoms with E-state index in [1.165, 1.54) is 6.07 Å². The van der Waals surface area contributed by atoms with Gasteiger partial charge < -0.3 is 15.5 Å². The van der Waals surface area contributed by atoms with Gasteiger partial charge in [-0.15, -0.1) is 11.3 Å². The predicted molar refractivity (Wildman–Crippen MR) is 82.4 cm³/mol. The fraction of sp³-hybridized carbons (Fsp3) is 0.357. The average molecular weight is 310 g/mol. The molecule has 2 heterocycles. The maximum absolute atomic E-state index is 13.2. The van der Waals surface area contributed by atoms with E-state index >= 15 is 0 Å². The number of anilines is 3. The number of alkyl halides is 2. The van der Waals surface area contributed by atoms with Gasteiger partial charge in [-0.1, -0.05) is 0 Å². The second kappa shape index (κ2) is 5.85. The van der Waals surface area contributed by atoms with Gasteiger partial charge in [0.2, 0.25) is 0 Å². The van der Waals surface area contributed by atoms with Gasteiger partial charge in [0.25, 0.3) is 6.43 Å². The summed E-state index contributed by atoms with van der Waals surface area (Å²) in [4.78, 5) is 8.46. The Hall–Kier alpha value is -1.89. The summed E-state index contributed by atoms with van der Waals surface area (Å²) in [5.74, 6) is 0. The van der Waals surface area contributed by atoms with Crippen LogP contribution in [0, 0.1) is 0 Å². The first-order chi connectivity index (χ1) is 10.1. The van der Waals surface area contributed by atoms with Gasteiger partial charge in [-0.05, 0) is 18.2 Å². The maximum atomic E-state index is 13.2. The number of aromatic nitrogens is 1. The molecule has 0 spiro atoms.